The first kappa shape index (κ1) is 14.4. The van der Waals surface area contributed by atoms with E-state index < -0.39 is 5.69 Å². The lowest BCUT2D eigenvalue weighted by molar-refractivity contribution is 0.340. The molecule has 1 atom stereocenters. The van der Waals surface area contributed by atoms with Crippen LogP contribution < -0.4 is 11.2 Å². The maximum absolute atomic E-state index is 12.5. The molecule has 0 radical (unpaired) electrons. The minimum Gasteiger partial charge on any atom is -0.297 e. The van der Waals surface area contributed by atoms with Crippen LogP contribution in [0.15, 0.2) is 9.59 Å². The summed E-state index contributed by atoms with van der Waals surface area (Å²) in [6.07, 6.45) is 4.55. The highest BCUT2D eigenvalue weighted by Crippen LogP contribution is 2.33. The normalized spacial score (nSPS) is 18.2. The monoisotopic (exact) mass is 284 g/mol. The zero-order chi connectivity index (χ0) is 14.2. The van der Waals surface area contributed by atoms with Gasteiger partial charge in [-0.25, -0.2) is 4.79 Å². The van der Waals surface area contributed by atoms with Gasteiger partial charge in [-0.2, -0.15) is 0 Å². The van der Waals surface area contributed by atoms with Gasteiger partial charge in [-0.05, 0) is 31.6 Å². The fourth-order valence-corrected chi connectivity index (χ4v) is 3.44. The highest BCUT2D eigenvalue weighted by molar-refractivity contribution is 6.30. The van der Waals surface area contributed by atoms with Crippen molar-refractivity contribution in [3.63, 3.8) is 0 Å². The van der Waals surface area contributed by atoms with Crippen LogP contribution in [0.5, 0.6) is 0 Å². The van der Waals surface area contributed by atoms with E-state index in [0.717, 1.165) is 12.8 Å². The molecule has 2 rings (SSSR count). The number of nitrogens with one attached hydrogen (secondary N) is 1. The lowest BCUT2D eigenvalue weighted by Crippen LogP contribution is -2.41. The molecule has 5 heteroatoms. The maximum atomic E-state index is 12.5. The molecule has 0 amide bonds. The van der Waals surface area contributed by atoms with Crippen molar-refractivity contribution < 1.29 is 0 Å². The van der Waals surface area contributed by atoms with E-state index in [-0.39, 0.29) is 22.7 Å². The Hall–Kier alpha value is -1.03. The molecular weight excluding hydrogens is 264 g/mol. The number of hydrogen-bond acceptors (Lipinski definition) is 2. The minimum atomic E-state index is -0.390. The van der Waals surface area contributed by atoms with Crippen molar-refractivity contribution in [3.05, 3.63) is 31.6 Å². The molecule has 106 valence electrons. The summed E-state index contributed by atoms with van der Waals surface area (Å²) in [4.78, 5) is 27.2. The van der Waals surface area contributed by atoms with Crippen molar-refractivity contribution in [2.75, 3.05) is 0 Å². The van der Waals surface area contributed by atoms with Crippen LogP contribution in [-0.4, -0.2) is 9.55 Å². The molecule has 1 unspecified atom stereocenters. The smallest absolute Gasteiger partial charge is 0.297 e. The quantitative estimate of drug-likeness (QED) is 0.867. The van der Waals surface area contributed by atoms with Crippen LogP contribution in [0.2, 0.25) is 5.15 Å². The Morgan fingerprint density at radius 1 is 1.21 bits per heavy atom. The van der Waals surface area contributed by atoms with E-state index in [9.17, 15) is 9.59 Å². The van der Waals surface area contributed by atoms with Crippen molar-refractivity contribution in [1.82, 2.24) is 9.55 Å². The average molecular weight is 285 g/mol. The molecule has 1 aromatic rings. The number of halogens is 1. The molecule has 1 heterocycles. The molecule has 0 saturated heterocycles. The zero-order valence-corrected chi connectivity index (χ0v) is 12.5. The van der Waals surface area contributed by atoms with E-state index in [1.54, 1.807) is 0 Å². The topological polar surface area (TPSA) is 54.9 Å². The number of aromatic amines is 1. The molecule has 4 nitrogen and oxygen atoms in total. The molecule has 1 aliphatic rings. The number of nitrogens with zero attached hydrogens (tertiary/aromatic N) is 1. The third-order valence-corrected chi connectivity index (χ3v) is 4.49. The first-order chi connectivity index (χ1) is 8.93. The van der Waals surface area contributed by atoms with E-state index >= 15 is 0 Å². The van der Waals surface area contributed by atoms with Gasteiger partial charge >= 0.3 is 5.69 Å². The van der Waals surface area contributed by atoms with Crippen LogP contribution in [0.1, 0.15) is 64.0 Å². The molecule has 0 aromatic carbocycles. The maximum Gasteiger partial charge on any atom is 0.329 e. The van der Waals surface area contributed by atoms with Crippen molar-refractivity contribution in [3.8, 4) is 0 Å². The Labute approximate surface area is 117 Å². The first-order valence-corrected chi connectivity index (χ1v) is 7.35. The van der Waals surface area contributed by atoms with Crippen LogP contribution >= 0.6 is 11.6 Å². The van der Waals surface area contributed by atoms with E-state index in [0.29, 0.717) is 11.5 Å². The summed E-state index contributed by atoms with van der Waals surface area (Å²) in [5.74, 6) is 0.416. The third kappa shape index (κ3) is 2.64. The summed E-state index contributed by atoms with van der Waals surface area (Å²) in [6.45, 7) is 5.78. The van der Waals surface area contributed by atoms with Crippen molar-refractivity contribution in [1.29, 1.82) is 0 Å². The fraction of sp³-hybridized carbons (Fsp3) is 0.714. The van der Waals surface area contributed by atoms with Crippen molar-refractivity contribution >= 4 is 11.6 Å². The molecule has 1 aromatic heterocycles. The lowest BCUT2D eigenvalue weighted by atomic mass is 9.99. The Bertz CT molecular complexity index is 568. The van der Waals surface area contributed by atoms with Gasteiger partial charge in [-0.3, -0.25) is 14.3 Å². The van der Waals surface area contributed by atoms with E-state index in [1.165, 1.54) is 17.4 Å². The second-order valence-corrected chi connectivity index (χ2v) is 6.15. The van der Waals surface area contributed by atoms with Gasteiger partial charge in [-0.1, -0.05) is 38.3 Å². The molecular formula is C14H21ClN2O2. The van der Waals surface area contributed by atoms with Gasteiger partial charge < -0.3 is 0 Å². The second-order valence-electron chi connectivity index (χ2n) is 5.77. The zero-order valence-electron chi connectivity index (χ0n) is 11.7. The van der Waals surface area contributed by atoms with Gasteiger partial charge in [0.1, 0.15) is 5.15 Å². The number of H-pyrrole nitrogens is 1. The molecule has 0 aliphatic heterocycles. The Morgan fingerprint density at radius 3 is 2.32 bits per heavy atom. The van der Waals surface area contributed by atoms with Crippen LogP contribution in [-0.2, 0) is 0 Å². The summed E-state index contributed by atoms with van der Waals surface area (Å²) in [6, 6.07) is -0.0616. The highest BCUT2D eigenvalue weighted by Gasteiger charge is 2.26. The second kappa shape index (κ2) is 5.53. The number of aromatic nitrogens is 2. The van der Waals surface area contributed by atoms with Gasteiger partial charge in [0.05, 0.1) is 5.56 Å². The van der Waals surface area contributed by atoms with Crippen LogP contribution in [0.4, 0.5) is 0 Å². The standard InChI is InChI=1S/C14H21ClN2O2/c1-8(2)11-12(15)16-14(19)17(13(11)18)9(3)10-6-4-5-7-10/h8-10H,4-7H2,1-3H3,(H,16,19). The summed E-state index contributed by atoms with van der Waals surface area (Å²) in [5.41, 5.74) is -0.118. The molecule has 1 N–H and O–H groups in total. The van der Waals surface area contributed by atoms with Crippen LogP contribution in [0, 0.1) is 5.92 Å². The predicted octanol–water partition coefficient (Wildman–Crippen LogP) is 3.06. The SMILES string of the molecule is CC(C)c1c(Cl)[nH]c(=O)n(C(C)C2CCCC2)c1=O. The number of rotatable bonds is 3. The molecule has 1 saturated carbocycles. The fourth-order valence-electron chi connectivity index (χ4n) is 3.06. The highest BCUT2D eigenvalue weighted by atomic mass is 35.5. The van der Waals surface area contributed by atoms with Gasteiger partial charge in [0.2, 0.25) is 0 Å². The average Bonchev–Trinajstić information content (AvgIpc) is 2.80. The van der Waals surface area contributed by atoms with E-state index in [2.05, 4.69) is 4.98 Å². The summed E-state index contributed by atoms with van der Waals surface area (Å²) in [7, 11) is 0. The minimum absolute atomic E-state index is 0.00104. The predicted molar refractivity (Wildman–Crippen MR) is 77.1 cm³/mol. The lowest BCUT2D eigenvalue weighted by Gasteiger charge is -2.22. The van der Waals surface area contributed by atoms with Crippen LogP contribution in [0.25, 0.3) is 0 Å². The van der Waals surface area contributed by atoms with E-state index in [1.807, 2.05) is 20.8 Å². The Balaban J connectivity index is 2.53. The van der Waals surface area contributed by atoms with Crippen molar-refractivity contribution in [2.24, 2.45) is 5.92 Å². The largest absolute Gasteiger partial charge is 0.329 e. The molecule has 19 heavy (non-hydrogen) atoms. The molecule has 0 bridgehead atoms. The molecule has 1 fully saturated rings. The van der Waals surface area contributed by atoms with Crippen molar-refractivity contribution in [2.45, 2.75) is 58.4 Å². The summed E-state index contributed by atoms with van der Waals surface area (Å²) < 4.78 is 1.36. The summed E-state index contributed by atoms with van der Waals surface area (Å²) >= 11 is 6.00. The molecule has 0 spiro atoms. The first-order valence-electron chi connectivity index (χ1n) is 6.97. The number of hydrogen-bond donors (Lipinski definition) is 1. The third-order valence-electron chi connectivity index (χ3n) is 4.19. The summed E-state index contributed by atoms with van der Waals surface area (Å²) in [5, 5.41) is 0.180. The van der Waals surface area contributed by atoms with Gasteiger partial charge in [0.25, 0.3) is 5.56 Å². The van der Waals surface area contributed by atoms with E-state index in [4.69, 9.17) is 11.6 Å². The van der Waals surface area contributed by atoms with Crippen LogP contribution in [0.3, 0.4) is 0 Å². The van der Waals surface area contributed by atoms with Gasteiger partial charge in [0, 0.05) is 6.04 Å². The Morgan fingerprint density at radius 2 is 1.79 bits per heavy atom. The molecule has 1 aliphatic carbocycles. The van der Waals surface area contributed by atoms with Gasteiger partial charge in [-0.15, -0.1) is 0 Å². The Kier molecular flexibility index (Phi) is 4.19. The van der Waals surface area contributed by atoms with Gasteiger partial charge in [0.15, 0.2) is 0 Å².